The Balaban J connectivity index is 2.56. The molecule has 10 heavy (non-hydrogen) atoms. The number of hydrogen-bond donors (Lipinski definition) is 0. The fourth-order valence-corrected chi connectivity index (χ4v) is 1.08. The molecule has 0 spiro atoms. The summed E-state index contributed by atoms with van der Waals surface area (Å²) < 4.78 is 5.01. The lowest BCUT2D eigenvalue weighted by Crippen LogP contribution is -2.22. The molecule has 1 saturated heterocycles. The van der Waals surface area contributed by atoms with Gasteiger partial charge < -0.3 is 4.74 Å². The van der Waals surface area contributed by atoms with Crippen LogP contribution in [-0.2, 0) is 9.53 Å². The first-order chi connectivity index (χ1) is 4.66. The molecule has 1 heterocycles. The molecule has 0 saturated carbocycles. The minimum atomic E-state index is -0.369. The van der Waals surface area contributed by atoms with Crippen LogP contribution in [0.25, 0.3) is 0 Å². The first-order valence-electron chi connectivity index (χ1n) is 3.32. The molecule has 1 aliphatic heterocycles. The number of hydrogen-bond acceptors (Lipinski definition) is 2. The van der Waals surface area contributed by atoms with Crippen LogP contribution in [0.3, 0.4) is 0 Å². The number of terminal acetylenes is 1. The van der Waals surface area contributed by atoms with Crippen LogP contribution >= 0.6 is 0 Å². The van der Waals surface area contributed by atoms with Gasteiger partial charge in [-0.15, -0.1) is 12.3 Å². The molecule has 2 heteroatoms. The van der Waals surface area contributed by atoms with Gasteiger partial charge in [-0.3, -0.25) is 4.79 Å². The summed E-state index contributed by atoms with van der Waals surface area (Å²) in [5.41, 5.74) is -0.369. The van der Waals surface area contributed by atoms with Gasteiger partial charge in [-0.1, -0.05) is 0 Å². The molecule has 0 radical (unpaired) electrons. The van der Waals surface area contributed by atoms with Crippen molar-refractivity contribution in [1.82, 2.24) is 0 Å². The second kappa shape index (κ2) is 2.34. The van der Waals surface area contributed by atoms with Gasteiger partial charge in [0, 0.05) is 12.8 Å². The largest absolute Gasteiger partial charge is 0.458 e. The van der Waals surface area contributed by atoms with E-state index in [-0.39, 0.29) is 11.6 Å². The maximum Gasteiger partial charge on any atom is 0.306 e. The molecule has 0 aromatic rings. The van der Waals surface area contributed by atoms with Crippen LogP contribution in [0.15, 0.2) is 0 Å². The first kappa shape index (κ1) is 7.14. The summed E-state index contributed by atoms with van der Waals surface area (Å²) in [6.45, 7) is 1.87. The summed E-state index contributed by atoms with van der Waals surface area (Å²) in [6.07, 6.45) is 6.90. The highest BCUT2D eigenvalue weighted by molar-refractivity contribution is 5.72. The van der Waals surface area contributed by atoms with Crippen molar-refractivity contribution >= 4 is 5.97 Å². The van der Waals surface area contributed by atoms with Crippen LogP contribution in [-0.4, -0.2) is 11.6 Å². The molecule has 2 nitrogen and oxygen atoms in total. The molecule has 54 valence electrons. The van der Waals surface area contributed by atoms with E-state index in [0.29, 0.717) is 12.8 Å². The zero-order valence-corrected chi connectivity index (χ0v) is 6.02. The van der Waals surface area contributed by atoms with Gasteiger partial charge in [-0.2, -0.15) is 0 Å². The van der Waals surface area contributed by atoms with Crippen LogP contribution in [0.1, 0.15) is 26.2 Å². The zero-order chi connectivity index (χ0) is 7.61. The molecular formula is C8H10O2. The van der Waals surface area contributed by atoms with Crippen molar-refractivity contribution in [2.24, 2.45) is 0 Å². The zero-order valence-electron chi connectivity index (χ0n) is 6.02. The Morgan fingerprint density at radius 2 is 2.60 bits per heavy atom. The van der Waals surface area contributed by atoms with E-state index in [1.54, 1.807) is 0 Å². The van der Waals surface area contributed by atoms with Gasteiger partial charge in [0.05, 0.1) is 0 Å². The van der Waals surface area contributed by atoms with E-state index >= 15 is 0 Å². The molecule has 1 rings (SSSR count). The average molecular weight is 138 g/mol. The SMILES string of the molecule is C#CCC1(C)CCC(=O)O1. The second-order valence-corrected chi connectivity index (χ2v) is 2.80. The molecule has 0 aliphatic carbocycles. The van der Waals surface area contributed by atoms with Crippen LogP contribution in [0, 0.1) is 12.3 Å². The van der Waals surface area contributed by atoms with E-state index in [1.807, 2.05) is 6.92 Å². The lowest BCUT2D eigenvalue weighted by molar-refractivity contribution is -0.146. The third-order valence-corrected chi connectivity index (χ3v) is 1.69. The third-order valence-electron chi connectivity index (χ3n) is 1.69. The van der Waals surface area contributed by atoms with Crippen molar-refractivity contribution in [1.29, 1.82) is 0 Å². The van der Waals surface area contributed by atoms with E-state index < -0.39 is 0 Å². The summed E-state index contributed by atoms with van der Waals surface area (Å²) in [6, 6.07) is 0. The molecule has 1 fully saturated rings. The summed E-state index contributed by atoms with van der Waals surface area (Å²) in [7, 11) is 0. The van der Waals surface area contributed by atoms with Crippen LogP contribution in [0.5, 0.6) is 0 Å². The Labute approximate surface area is 60.6 Å². The van der Waals surface area contributed by atoms with Crippen LogP contribution in [0.4, 0.5) is 0 Å². The predicted octanol–water partition coefficient (Wildman–Crippen LogP) is 1.11. The standard InChI is InChI=1S/C8H10O2/c1-3-5-8(2)6-4-7(9)10-8/h1H,4-6H2,2H3. The maximum absolute atomic E-state index is 10.6. The molecule has 1 unspecified atom stereocenters. The predicted molar refractivity (Wildman–Crippen MR) is 37.2 cm³/mol. The van der Waals surface area contributed by atoms with Gasteiger partial charge in [0.25, 0.3) is 0 Å². The summed E-state index contributed by atoms with van der Waals surface area (Å²) >= 11 is 0. The fourth-order valence-electron chi connectivity index (χ4n) is 1.08. The quantitative estimate of drug-likeness (QED) is 0.400. The maximum atomic E-state index is 10.6. The van der Waals surface area contributed by atoms with Gasteiger partial charge in [-0.25, -0.2) is 0 Å². The second-order valence-electron chi connectivity index (χ2n) is 2.80. The van der Waals surface area contributed by atoms with Crippen molar-refractivity contribution in [2.75, 3.05) is 0 Å². The van der Waals surface area contributed by atoms with Gasteiger partial charge in [0.1, 0.15) is 5.60 Å². The number of carbonyl (C=O) groups is 1. The highest BCUT2D eigenvalue weighted by Crippen LogP contribution is 2.28. The van der Waals surface area contributed by atoms with Gasteiger partial charge in [0.15, 0.2) is 0 Å². The lowest BCUT2D eigenvalue weighted by atomic mass is 9.99. The van der Waals surface area contributed by atoms with E-state index in [9.17, 15) is 4.79 Å². The van der Waals surface area contributed by atoms with Crippen molar-refractivity contribution in [3.05, 3.63) is 0 Å². The van der Waals surface area contributed by atoms with E-state index in [2.05, 4.69) is 5.92 Å². The summed E-state index contributed by atoms with van der Waals surface area (Å²) in [4.78, 5) is 10.6. The van der Waals surface area contributed by atoms with Crippen molar-refractivity contribution in [2.45, 2.75) is 31.8 Å². The number of rotatable bonds is 1. The Hall–Kier alpha value is -0.970. The van der Waals surface area contributed by atoms with Crippen molar-refractivity contribution in [3.8, 4) is 12.3 Å². The number of ether oxygens (including phenoxy) is 1. The Kier molecular flexibility index (Phi) is 1.67. The van der Waals surface area contributed by atoms with Crippen LogP contribution < -0.4 is 0 Å². The van der Waals surface area contributed by atoms with E-state index in [4.69, 9.17) is 11.2 Å². The number of cyclic esters (lactones) is 1. The molecule has 1 atom stereocenters. The van der Waals surface area contributed by atoms with E-state index in [0.717, 1.165) is 6.42 Å². The van der Waals surface area contributed by atoms with Crippen LogP contribution in [0.2, 0.25) is 0 Å². The number of carbonyl (C=O) groups excluding carboxylic acids is 1. The first-order valence-corrected chi connectivity index (χ1v) is 3.32. The molecule has 0 bridgehead atoms. The molecule has 0 aromatic carbocycles. The average Bonchev–Trinajstić information content (AvgIpc) is 2.12. The van der Waals surface area contributed by atoms with Gasteiger partial charge in [-0.05, 0) is 13.3 Å². The van der Waals surface area contributed by atoms with Gasteiger partial charge >= 0.3 is 5.97 Å². The highest BCUT2D eigenvalue weighted by atomic mass is 16.6. The third kappa shape index (κ3) is 1.30. The Morgan fingerprint density at radius 1 is 1.90 bits per heavy atom. The monoisotopic (exact) mass is 138 g/mol. The Bertz CT molecular complexity index is 190. The fraction of sp³-hybridized carbons (Fsp3) is 0.625. The van der Waals surface area contributed by atoms with E-state index in [1.165, 1.54) is 0 Å². The lowest BCUT2D eigenvalue weighted by Gasteiger charge is -2.18. The minimum Gasteiger partial charge on any atom is -0.458 e. The number of esters is 1. The molecule has 0 N–H and O–H groups in total. The Morgan fingerprint density at radius 3 is 3.00 bits per heavy atom. The van der Waals surface area contributed by atoms with Gasteiger partial charge in [0.2, 0.25) is 0 Å². The van der Waals surface area contributed by atoms with Crippen molar-refractivity contribution < 1.29 is 9.53 Å². The molecular weight excluding hydrogens is 128 g/mol. The summed E-state index contributed by atoms with van der Waals surface area (Å²) in [5, 5.41) is 0. The smallest absolute Gasteiger partial charge is 0.306 e. The molecule has 0 amide bonds. The summed E-state index contributed by atoms with van der Waals surface area (Å²) in [5.74, 6) is 2.37. The molecule has 1 aliphatic rings. The minimum absolute atomic E-state index is 0.127. The topological polar surface area (TPSA) is 26.3 Å². The normalized spacial score (nSPS) is 31.4. The van der Waals surface area contributed by atoms with Crippen molar-refractivity contribution in [3.63, 3.8) is 0 Å². The highest BCUT2D eigenvalue weighted by Gasteiger charge is 2.34. The molecule has 0 aromatic heterocycles.